The van der Waals surface area contributed by atoms with Crippen molar-refractivity contribution in [3.8, 4) is 0 Å². The summed E-state index contributed by atoms with van der Waals surface area (Å²) in [5, 5.41) is 3.33. The Kier molecular flexibility index (Phi) is 3.53. The SMILES string of the molecule is CC(C)(C)C(N)CNc1ccccc1. The fourth-order valence-corrected chi connectivity index (χ4v) is 1.09. The number of rotatable bonds is 3. The number of nitrogens with two attached hydrogens (primary N) is 1. The van der Waals surface area contributed by atoms with Gasteiger partial charge in [0.25, 0.3) is 0 Å². The zero-order valence-electron chi connectivity index (χ0n) is 9.25. The third-order valence-corrected chi connectivity index (χ3v) is 2.41. The van der Waals surface area contributed by atoms with Crippen LogP contribution in [0.15, 0.2) is 30.3 Å². The molecule has 2 heteroatoms. The minimum absolute atomic E-state index is 0.155. The van der Waals surface area contributed by atoms with E-state index in [1.165, 1.54) is 0 Å². The highest BCUT2D eigenvalue weighted by Gasteiger charge is 2.19. The smallest absolute Gasteiger partial charge is 0.0340 e. The average molecular weight is 192 g/mol. The van der Waals surface area contributed by atoms with Gasteiger partial charge in [-0.1, -0.05) is 39.0 Å². The second-order valence-corrected chi connectivity index (χ2v) is 4.72. The molecule has 0 spiro atoms. The second kappa shape index (κ2) is 4.47. The van der Waals surface area contributed by atoms with Gasteiger partial charge in [0.05, 0.1) is 0 Å². The van der Waals surface area contributed by atoms with E-state index in [2.05, 4.69) is 38.2 Å². The second-order valence-electron chi connectivity index (χ2n) is 4.72. The van der Waals surface area contributed by atoms with E-state index < -0.39 is 0 Å². The van der Waals surface area contributed by atoms with E-state index in [1.807, 2.05) is 18.2 Å². The Morgan fingerprint density at radius 3 is 2.29 bits per heavy atom. The predicted molar refractivity (Wildman–Crippen MR) is 62.4 cm³/mol. The molecular weight excluding hydrogens is 172 g/mol. The maximum atomic E-state index is 6.04. The molecule has 0 bridgehead atoms. The highest BCUT2D eigenvalue weighted by Crippen LogP contribution is 2.17. The molecule has 2 nitrogen and oxygen atoms in total. The van der Waals surface area contributed by atoms with Crippen LogP contribution in [0.1, 0.15) is 20.8 Å². The first-order chi connectivity index (χ1) is 6.50. The van der Waals surface area contributed by atoms with E-state index in [1.54, 1.807) is 0 Å². The Morgan fingerprint density at radius 2 is 1.79 bits per heavy atom. The minimum Gasteiger partial charge on any atom is -0.383 e. The van der Waals surface area contributed by atoms with Crippen molar-refractivity contribution in [3.05, 3.63) is 30.3 Å². The van der Waals surface area contributed by atoms with Crippen LogP contribution in [0, 0.1) is 5.41 Å². The summed E-state index contributed by atoms with van der Waals surface area (Å²) in [6.45, 7) is 7.28. The number of nitrogens with one attached hydrogen (secondary N) is 1. The molecule has 0 heterocycles. The van der Waals surface area contributed by atoms with Gasteiger partial charge in [-0.2, -0.15) is 0 Å². The molecule has 78 valence electrons. The predicted octanol–water partition coefficient (Wildman–Crippen LogP) is 2.47. The van der Waals surface area contributed by atoms with Gasteiger partial charge in [-0.25, -0.2) is 0 Å². The van der Waals surface area contributed by atoms with Crippen molar-refractivity contribution < 1.29 is 0 Å². The van der Waals surface area contributed by atoms with Crippen molar-refractivity contribution in [1.29, 1.82) is 0 Å². The summed E-state index contributed by atoms with van der Waals surface area (Å²) >= 11 is 0. The van der Waals surface area contributed by atoms with Crippen molar-refractivity contribution in [2.24, 2.45) is 11.1 Å². The van der Waals surface area contributed by atoms with E-state index in [9.17, 15) is 0 Å². The maximum absolute atomic E-state index is 6.04. The number of hydrogen-bond donors (Lipinski definition) is 2. The van der Waals surface area contributed by atoms with Gasteiger partial charge in [-0.15, -0.1) is 0 Å². The molecule has 14 heavy (non-hydrogen) atoms. The lowest BCUT2D eigenvalue weighted by Gasteiger charge is -2.27. The lowest BCUT2D eigenvalue weighted by Crippen LogP contribution is -2.40. The summed E-state index contributed by atoms with van der Waals surface area (Å²) in [5.41, 5.74) is 7.32. The Bertz CT molecular complexity index is 261. The monoisotopic (exact) mass is 192 g/mol. The van der Waals surface area contributed by atoms with Crippen LogP contribution in [-0.4, -0.2) is 12.6 Å². The lowest BCUT2D eigenvalue weighted by atomic mass is 9.87. The third-order valence-electron chi connectivity index (χ3n) is 2.41. The molecule has 0 aliphatic heterocycles. The first-order valence-electron chi connectivity index (χ1n) is 5.04. The average Bonchev–Trinajstić information content (AvgIpc) is 2.14. The molecule has 1 aromatic rings. The lowest BCUT2D eigenvalue weighted by molar-refractivity contribution is 0.331. The van der Waals surface area contributed by atoms with Gasteiger partial charge in [0.2, 0.25) is 0 Å². The molecule has 1 aromatic carbocycles. The highest BCUT2D eigenvalue weighted by atomic mass is 14.9. The number of para-hydroxylation sites is 1. The highest BCUT2D eigenvalue weighted by molar-refractivity contribution is 5.42. The van der Waals surface area contributed by atoms with Crippen LogP contribution in [0.25, 0.3) is 0 Å². The summed E-state index contributed by atoms with van der Waals surface area (Å²) in [4.78, 5) is 0. The summed E-state index contributed by atoms with van der Waals surface area (Å²) in [6.07, 6.45) is 0. The van der Waals surface area contributed by atoms with Crippen molar-refractivity contribution in [1.82, 2.24) is 0 Å². The van der Waals surface area contributed by atoms with Crippen LogP contribution in [-0.2, 0) is 0 Å². The van der Waals surface area contributed by atoms with Gasteiger partial charge in [0, 0.05) is 18.3 Å². The zero-order chi connectivity index (χ0) is 10.6. The summed E-state index contributed by atoms with van der Waals surface area (Å²) in [5.74, 6) is 0. The van der Waals surface area contributed by atoms with Crippen LogP contribution in [0.2, 0.25) is 0 Å². The molecule has 1 atom stereocenters. The van der Waals surface area contributed by atoms with Crippen LogP contribution in [0.3, 0.4) is 0 Å². The Labute approximate surface area is 86.5 Å². The largest absolute Gasteiger partial charge is 0.383 e. The van der Waals surface area contributed by atoms with Crippen molar-refractivity contribution in [3.63, 3.8) is 0 Å². The third kappa shape index (κ3) is 3.38. The first kappa shape index (κ1) is 11.1. The molecule has 0 fully saturated rings. The first-order valence-corrected chi connectivity index (χ1v) is 5.04. The fourth-order valence-electron chi connectivity index (χ4n) is 1.09. The van der Waals surface area contributed by atoms with E-state index in [0.29, 0.717) is 0 Å². The topological polar surface area (TPSA) is 38.0 Å². The van der Waals surface area contributed by atoms with Gasteiger partial charge >= 0.3 is 0 Å². The van der Waals surface area contributed by atoms with E-state index in [4.69, 9.17) is 5.73 Å². The Morgan fingerprint density at radius 1 is 1.21 bits per heavy atom. The zero-order valence-corrected chi connectivity index (χ0v) is 9.25. The van der Waals surface area contributed by atoms with Crippen LogP contribution in [0.5, 0.6) is 0 Å². The molecule has 3 N–H and O–H groups in total. The van der Waals surface area contributed by atoms with Gasteiger partial charge in [-0.3, -0.25) is 0 Å². The minimum atomic E-state index is 0.155. The fraction of sp³-hybridized carbons (Fsp3) is 0.500. The summed E-state index contributed by atoms with van der Waals surface area (Å²) in [6, 6.07) is 10.3. The van der Waals surface area contributed by atoms with Gasteiger partial charge in [-0.05, 0) is 17.5 Å². The van der Waals surface area contributed by atoms with E-state index in [-0.39, 0.29) is 11.5 Å². The molecule has 0 saturated carbocycles. The van der Waals surface area contributed by atoms with Gasteiger partial charge in [0.15, 0.2) is 0 Å². The Balaban J connectivity index is 2.42. The van der Waals surface area contributed by atoms with E-state index >= 15 is 0 Å². The molecule has 1 rings (SSSR count). The number of anilines is 1. The number of benzene rings is 1. The number of hydrogen-bond acceptors (Lipinski definition) is 2. The normalized spacial score (nSPS) is 13.7. The standard InChI is InChI=1S/C12H20N2/c1-12(2,3)11(13)9-14-10-7-5-4-6-8-10/h4-8,11,14H,9,13H2,1-3H3. The van der Waals surface area contributed by atoms with Crippen molar-refractivity contribution in [2.45, 2.75) is 26.8 Å². The van der Waals surface area contributed by atoms with Crippen molar-refractivity contribution in [2.75, 3.05) is 11.9 Å². The molecule has 0 aliphatic rings. The molecule has 0 saturated heterocycles. The van der Waals surface area contributed by atoms with Crippen molar-refractivity contribution >= 4 is 5.69 Å². The molecule has 0 aromatic heterocycles. The van der Waals surface area contributed by atoms with E-state index in [0.717, 1.165) is 12.2 Å². The molecular formula is C12H20N2. The quantitative estimate of drug-likeness (QED) is 0.772. The molecule has 0 aliphatic carbocycles. The Hall–Kier alpha value is -1.02. The molecule has 0 radical (unpaired) electrons. The van der Waals surface area contributed by atoms with Gasteiger partial charge in [0.1, 0.15) is 0 Å². The van der Waals surface area contributed by atoms with Gasteiger partial charge < -0.3 is 11.1 Å². The maximum Gasteiger partial charge on any atom is 0.0340 e. The van der Waals surface area contributed by atoms with Crippen LogP contribution < -0.4 is 11.1 Å². The summed E-state index contributed by atoms with van der Waals surface area (Å²) in [7, 11) is 0. The summed E-state index contributed by atoms with van der Waals surface area (Å²) < 4.78 is 0. The molecule has 0 amide bonds. The molecule has 1 unspecified atom stereocenters. The van der Waals surface area contributed by atoms with Crippen LogP contribution >= 0.6 is 0 Å². The van der Waals surface area contributed by atoms with Crippen LogP contribution in [0.4, 0.5) is 5.69 Å².